The summed E-state index contributed by atoms with van der Waals surface area (Å²) in [5.74, 6) is -0.591. The normalized spacial score (nSPS) is 15.9. The van der Waals surface area contributed by atoms with Crippen LogP contribution in [0.25, 0.3) is 5.69 Å². The Morgan fingerprint density at radius 1 is 1.26 bits per heavy atom. The van der Waals surface area contributed by atoms with Gasteiger partial charge < -0.3 is 10.6 Å². The first-order valence-electron chi connectivity index (χ1n) is 7.84. The molecule has 1 aromatic carbocycles. The molecule has 6 heteroatoms. The van der Waals surface area contributed by atoms with Gasteiger partial charge in [0.2, 0.25) is 0 Å². The first-order chi connectivity index (χ1) is 11.0. The van der Waals surface area contributed by atoms with Crippen molar-refractivity contribution in [3.63, 3.8) is 0 Å². The van der Waals surface area contributed by atoms with Gasteiger partial charge in [0, 0.05) is 30.4 Å². The predicted molar refractivity (Wildman–Crippen MR) is 86.1 cm³/mol. The molecule has 5 nitrogen and oxygen atoms in total. The van der Waals surface area contributed by atoms with Crippen LogP contribution in [0.1, 0.15) is 34.6 Å². The van der Waals surface area contributed by atoms with Gasteiger partial charge in [0.05, 0.1) is 5.69 Å². The minimum Gasteiger partial charge on any atom is -0.339 e. The highest BCUT2D eigenvalue weighted by Crippen LogP contribution is 2.19. The number of aromatic nitrogens is 2. The summed E-state index contributed by atoms with van der Waals surface area (Å²) < 4.78 is 16.0. The maximum Gasteiger partial charge on any atom is 0.253 e. The minimum atomic E-state index is -0.448. The smallest absolute Gasteiger partial charge is 0.253 e. The third-order valence-electron chi connectivity index (χ3n) is 4.26. The van der Waals surface area contributed by atoms with Crippen molar-refractivity contribution < 1.29 is 9.18 Å². The largest absolute Gasteiger partial charge is 0.339 e. The van der Waals surface area contributed by atoms with Crippen LogP contribution in [-0.4, -0.2) is 39.7 Å². The Kier molecular flexibility index (Phi) is 4.17. The highest BCUT2D eigenvalue weighted by molar-refractivity contribution is 5.94. The van der Waals surface area contributed by atoms with E-state index in [9.17, 15) is 9.18 Å². The summed E-state index contributed by atoms with van der Waals surface area (Å²) in [4.78, 5) is 14.2. The van der Waals surface area contributed by atoms with Gasteiger partial charge in [0.25, 0.3) is 5.91 Å². The second-order valence-corrected chi connectivity index (χ2v) is 6.13. The van der Waals surface area contributed by atoms with Crippen molar-refractivity contribution in [2.75, 3.05) is 13.1 Å². The number of nitrogens with zero attached hydrogens (tertiary/aromatic N) is 3. The molecule has 3 rings (SSSR count). The molecule has 122 valence electrons. The van der Waals surface area contributed by atoms with Gasteiger partial charge in [-0.1, -0.05) is 0 Å². The van der Waals surface area contributed by atoms with E-state index in [-0.39, 0.29) is 11.9 Å². The zero-order valence-electron chi connectivity index (χ0n) is 13.4. The van der Waals surface area contributed by atoms with Gasteiger partial charge in [0.1, 0.15) is 11.5 Å². The number of rotatable bonds is 2. The van der Waals surface area contributed by atoms with Crippen molar-refractivity contribution in [2.45, 2.75) is 32.7 Å². The van der Waals surface area contributed by atoms with E-state index in [1.165, 1.54) is 6.07 Å². The summed E-state index contributed by atoms with van der Waals surface area (Å²) in [6.45, 7) is 4.98. The fraction of sp³-hybridized carbons (Fsp3) is 0.412. The summed E-state index contributed by atoms with van der Waals surface area (Å²) in [5.41, 5.74) is 8.25. The zero-order valence-corrected chi connectivity index (χ0v) is 13.4. The molecular formula is C17H21FN4O. The molecule has 2 aromatic rings. The Morgan fingerprint density at radius 3 is 2.52 bits per heavy atom. The predicted octanol–water partition coefficient (Wildman–Crippen LogP) is 2.19. The average molecular weight is 316 g/mol. The molecule has 2 N–H and O–H groups in total. The van der Waals surface area contributed by atoms with Gasteiger partial charge in [-0.15, -0.1) is 0 Å². The van der Waals surface area contributed by atoms with Crippen LogP contribution in [0.4, 0.5) is 4.39 Å². The quantitative estimate of drug-likeness (QED) is 0.924. The number of hydrogen-bond donors (Lipinski definition) is 1. The highest BCUT2D eigenvalue weighted by Gasteiger charge is 2.22. The first kappa shape index (κ1) is 15.7. The van der Waals surface area contributed by atoms with E-state index in [0.717, 1.165) is 24.2 Å². The number of benzene rings is 1. The molecule has 1 saturated heterocycles. The number of carbonyl (C=O) groups is 1. The average Bonchev–Trinajstić information content (AvgIpc) is 2.85. The molecule has 1 fully saturated rings. The van der Waals surface area contributed by atoms with Crippen molar-refractivity contribution >= 4 is 5.91 Å². The van der Waals surface area contributed by atoms with Gasteiger partial charge in [-0.05, 0) is 51.0 Å². The van der Waals surface area contributed by atoms with Crippen LogP contribution >= 0.6 is 0 Å². The van der Waals surface area contributed by atoms with E-state index in [0.29, 0.717) is 24.3 Å². The lowest BCUT2D eigenvalue weighted by Crippen LogP contribution is -2.42. The summed E-state index contributed by atoms with van der Waals surface area (Å²) >= 11 is 0. The number of carbonyl (C=O) groups excluding carboxylic acids is 1. The van der Waals surface area contributed by atoms with Gasteiger partial charge in [0.15, 0.2) is 0 Å². The van der Waals surface area contributed by atoms with Crippen molar-refractivity contribution in [3.8, 4) is 5.69 Å². The lowest BCUT2D eigenvalue weighted by molar-refractivity contribution is 0.0714. The van der Waals surface area contributed by atoms with Crippen LogP contribution < -0.4 is 5.73 Å². The van der Waals surface area contributed by atoms with Crippen molar-refractivity contribution in [1.29, 1.82) is 0 Å². The van der Waals surface area contributed by atoms with Crippen molar-refractivity contribution in [3.05, 3.63) is 47.0 Å². The molecule has 0 atom stereocenters. The summed E-state index contributed by atoms with van der Waals surface area (Å²) in [6, 6.07) is 6.60. The third-order valence-corrected chi connectivity index (χ3v) is 4.26. The number of halogens is 1. The van der Waals surface area contributed by atoms with Gasteiger partial charge in [-0.25, -0.2) is 9.07 Å². The molecule has 0 bridgehead atoms. The number of aryl methyl sites for hydroxylation is 2. The molecule has 1 amide bonds. The molecule has 23 heavy (non-hydrogen) atoms. The van der Waals surface area contributed by atoms with Crippen molar-refractivity contribution in [1.82, 2.24) is 14.7 Å². The monoisotopic (exact) mass is 316 g/mol. The van der Waals surface area contributed by atoms with Crippen LogP contribution in [0.2, 0.25) is 0 Å². The summed E-state index contributed by atoms with van der Waals surface area (Å²) in [6.07, 6.45) is 1.58. The van der Waals surface area contributed by atoms with E-state index < -0.39 is 5.82 Å². The Labute approximate surface area is 134 Å². The molecule has 0 saturated carbocycles. The molecular weight excluding hydrogens is 295 g/mol. The van der Waals surface area contributed by atoms with Gasteiger partial charge in [-0.3, -0.25) is 4.79 Å². The van der Waals surface area contributed by atoms with Gasteiger partial charge >= 0.3 is 0 Å². The number of hydrogen-bond acceptors (Lipinski definition) is 3. The Hall–Kier alpha value is -2.21. The summed E-state index contributed by atoms with van der Waals surface area (Å²) in [5, 5.41) is 4.28. The third kappa shape index (κ3) is 3.12. The number of piperidine rings is 1. The van der Waals surface area contributed by atoms with Crippen LogP contribution in [-0.2, 0) is 0 Å². The second-order valence-electron chi connectivity index (χ2n) is 6.13. The minimum absolute atomic E-state index is 0.143. The maximum atomic E-state index is 14.5. The Morgan fingerprint density at radius 2 is 1.96 bits per heavy atom. The van der Waals surface area contributed by atoms with E-state index in [1.807, 2.05) is 19.9 Å². The number of nitrogens with two attached hydrogens (primary N) is 1. The zero-order chi connectivity index (χ0) is 16.6. The van der Waals surface area contributed by atoms with E-state index >= 15 is 0 Å². The second kappa shape index (κ2) is 6.12. The highest BCUT2D eigenvalue weighted by atomic mass is 19.1. The molecule has 1 aliphatic rings. The van der Waals surface area contributed by atoms with E-state index in [2.05, 4.69) is 5.10 Å². The molecule has 1 aliphatic heterocycles. The molecule has 0 unspecified atom stereocenters. The lowest BCUT2D eigenvalue weighted by atomic mass is 10.0. The summed E-state index contributed by atoms with van der Waals surface area (Å²) in [7, 11) is 0. The molecule has 1 aromatic heterocycles. The number of amides is 1. The van der Waals surface area contributed by atoms with Crippen LogP contribution in [0.5, 0.6) is 0 Å². The topological polar surface area (TPSA) is 64.2 Å². The van der Waals surface area contributed by atoms with E-state index in [4.69, 9.17) is 5.73 Å². The molecule has 0 spiro atoms. The standard InChI is InChI=1S/C17H21FN4O/c1-11-9-12(2)22(20-11)16-4-3-13(10-15(16)18)17(23)21-7-5-14(19)6-8-21/h3-4,9-10,14H,5-8,19H2,1-2H3. The fourth-order valence-corrected chi connectivity index (χ4v) is 2.97. The molecule has 2 heterocycles. The van der Waals surface area contributed by atoms with Crippen LogP contribution in [0.3, 0.4) is 0 Å². The Balaban J connectivity index is 1.84. The maximum absolute atomic E-state index is 14.5. The number of likely N-dealkylation sites (tertiary alicyclic amines) is 1. The SMILES string of the molecule is Cc1cc(C)n(-c2ccc(C(=O)N3CCC(N)CC3)cc2F)n1. The van der Waals surface area contributed by atoms with Crippen molar-refractivity contribution in [2.24, 2.45) is 5.73 Å². The van der Waals surface area contributed by atoms with Crippen LogP contribution in [0, 0.1) is 19.7 Å². The Bertz CT molecular complexity index is 732. The molecule has 0 aliphatic carbocycles. The van der Waals surface area contributed by atoms with Crippen LogP contribution in [0.15, 0.2) is 24.3 Å². The fourth-order valence-electron chi connectivity index (χ4n) is 2.97. The van der Waals surface area contributed by atoms with Gasteiger partial charge in [-0.2, -0.15) is 5.10 Å². The molecule has 0 radical (unpaired) electrons. The first-order valence-corrected chi connectivity index (χ1v) is 7.84. The van der Waals surface area contributed by atoms with E-state index in [1.54, 1.807) is 21.7 Å². The lowest BCUT2D eigenvalue weighted by Gasteiger charge is -2.30.